The molecule has 0 spiro atoms. The van der Waals surface area contributed by atoms with Crippen LogP contribution in [0.15, 0.2) is 35.1 Å². The number of hydrogen-bond acceptors (Lipinski definition) is 2. The Labute approximate surface area is 68.0 Å². The highest BCUT2D eigenvalue weighted by atomic mass is 79.9. The number of nitrogens with zero attached hydrogens (tertiary/aromatic N) is 1. The average molecular weight is 199 g/mol. The monoisotopic (exact) mass is 198 g/mol. The molecule has 3 heteroatoms. The van der Waals surface area contributed by atoms with E-state index in [0.29, 0.717) is 6.04 Å². The Morgan fingerprint density at radius 3 is 3.20 bits per heavy atom. The molecule has 0 fully saturated rings. The van der Waals surface area contributed by atoms with Crippen LogP contribution in [-0.4, -0.2) is 11.1 Å². The smallest absolute Gasteiger partial charge is 0.101 e. The lowest BCUT2D eigenvalue weighted by Gasteiger charge is -2.22. The molecule has 52 valence electrons. The molecule has 0 aromatic carbocycles. The first-order chi connectivity index (χ1) is 4.88. The molecule has 0 aliphatic carbocycles. The Kier molecular flexibility index (Phi) is 1.31. The third kappa shape index (κ3) is 0.778. The molecule has 2 heterocycles. The lowest BCUT2D eigenvalue weighted by atomic mass is 10.2. The highest BCUT2D eigenvalue weighted by molar-refractivity contribution is 9.11. The summed E-state index contributed by atoms with van der Waals surface area (Å²) in [5.41, 5.74) is 3.09. The Morgan fingerprint density at radius 1 is 1.50 bits per heavy atom. The number of fused-ring (bicyclic) bond motifs is 1. The predicted molar refractivity (Wildman–Crippen MR) is 44.1 cm³/mol. The zero-order chi connectivity index (χ0) is 6.97. The number of allylic oxidation sites excluding steroid dienone is 2. The van der Waals surface area contributed by atoms with Crippen molar-refractivity contribution >= 4 is 15.9 Å². The molecular formula is C7H7BrN2. The average Bonchev–Trinajstić information content (AvgIpc) is 2.34. The van der Waals surface area contributed by atoms with Gasteiger partial charge in [-0.05, 0) is 6.08 Å². The highest BCUT2D eigenvalue weighted by Crippen LogP contribution is 2.23. The first-order valence-corrected chi connectivity index (χ1v) is 3.92. The van der Waals surface area contributed by atoms with Gasteiger partial charge in [-0.1, -0.05) is 28.1 Å². The molecule has 2 aliphatic rings. The van der Waals surface area contributed by atoms with Gasteiger partial charge in [0.15, 0.2) is 0 Å². The lowest BCUT2D eigenvalue weighted by Crippen LogP contribution is -2.32. The lowest BCUT2D eigenvalue weighted by molar-refractivity contribution is 0.323. The van der Waals surface area contributed by atoms with E-state index in [1.165, 1.54) is 4.48 Å². The fraction of sp³-hybridized carbons (Fsp3) is 0.143. The molecule has 10 heavy (non-hydrogen) atoms. The second-order valence-corrected chi connectivity index (χ2v) is 3.15. The van der Waals surface area contributed by atoms with E-state index in [-0.39, 0.29) is 0 Å². The largest absolute Gasteiger partial charge is 0.304 e. The third-order valence-corrected chi connectivity index (χ3v) is 2.28. The number of halogens is 1. The first-order valence-electron chi connectivity index (χ1n) is 3.13. The number of hydrogen-bond donors (Lipinski definition) is 1. The van der Waals surface area contributed by atoms with Crippen LogP contribution in [0.25, 0.3) is 0 Å². The summed E-state index contributed by atoms with van der Waals surface area (Å²) in [5.74, 6) is 0. The molecule has 0 aromatic heterocycles. The molecule has 0 saturated heterocycles. The van der Waals surface area contributed by atoms with Crippen molar-refractivity contribution in [2.24, 2.45) is 0 Å². The highest BCUT2D eigenvalue weighted by Gasteiger charge is 2.21. The van der Waals surface area contributed by atoms with Gasteiger partial charge in [-0.3, -0.25) is 5.01 Å². The maximum Gasteiger partial charge on any atom is 0.101 e. The van der Waals surface area contributed by atoms with Crippen molar-refractivity contribution < 1.29 is 0 Å². The van der Waals surface area contributed by atoms with Gasteiger partial charge in [-0.25, -0.2) is 0 Å². The molecule has 2 nitrogen and oxygen atoms in total. The maximum absolute atomic E-state index is 3.45. The SMILES string of the molecule is BrC1=CNN2C=CC=CC12. The fourth-order valence-electron chi connectivity index (χ4n) is 1.07. The van der Waals surface area contributed by atoms with E-state index in [0.717, 1.165) is 0 Å². The van der Waals surface area contributed by atoms with E-state index in [9.17, 15) is 0 Å². The van der Waals surface area contributed by atoms with Crippen molar-refractivity contribution in [2.75, 3.05) is 0 Å². The van der Waals surface area contributed by atoms with Gasteiger partial charge < -0.3 is 5.43 Å². The van der Waals surface area contributed by atoms with Crippen LogP contribution in [0, 0.1) is 0 Å². The molecule has 1 N–H and O–H groups in total. The van der Waals surface area contributed by atoms with Gasteiger partial charge in [0.25, 0.3) is 0 Å². The van der Waals surface area contributed by atoms with Crippen molar-refractivity contribution in [3.05, 3.63) is 35.1 Å². The summed E-state index contributed by atoms with van der Waals surface area (Å²) >= 11 is 3.45. The molecular weight excluding hydrogens is 192 g/mol. The van der Waals surface area contributed by atoms with Gasteiger partial charge in [0.1, 0.15) is 6.04 Å². The van der Waals surface area contributed by atoms with Gasteiger partial charge >= 0.3 is 0 Å². The van der Waals surface area contributed by atoms with Crippen LogP contribution in [0.2, 0.25) is 0 Å². The van der Waals surface area contributed by atoms with Crippen LogP contribution >= 0.6 is 15.9 Å². The summed E-state index contributed by atoms with van der Waals surface area (Å²) in [4.78, 5) is 0. The second-order valence-electron chi connectivity index (χ2n) is 2.24. The Morgan fingerprint density at radius 2 is 2.40 bits per heavy atom. The van der Waals surface area contributed by atoms with Gasteiger partial charge in [0.2, 0.25) is 0 Å². The molecule has 0 aromatic rings. The molecule has 0 bridgehead atoms. The van der Waals surface area contributed by atoms with E-state index in [1.807, 2.05) is 29.6 Å². The van der Waals surface area contributed by atoms with Crippen molar-refractivity contribution in [1.82, 2.24) is 10.4 Å². The minimum absolute atomic E-state index is 0.366. The summed E-state index contributed by atoms with van der Waals surface area (Å²) < 4.78 is 1.17. The van der Waals surface area contributed by atoms with E-state index in [2.05, 4.69) is 27.4 Å². The van der Waals surface area contributed by atoms with E-state index in [4.69, 9.17) is 0 Å². The fourth-order valence-corrected chi connectivity index (χ4v) is 1.54. The first kappa shape index (κ1) is 6.04. The molecule has 0 saturated carbocycles. The van der Waals surface area contributed by atoms with Crippen molar-refractivity contribution in [1.29, 1.82) is 0 Å². The van der Waals surface area contributed by atoms with Crippen LogP contribution < -0.4 is 5.43 Å². The van der Waals surface area contributed by atoms with Gasteiger partial charge in [0.05, 0.1) is 0 Å². The summed E-state index contributed by atoms with van der Waals surface area (Å²) in [6, 6.07) is 0.366. The van der Waals surface area contributed by atoms with Gasteiger partial charge in [-0.2, -0.15) is 0 Å². The predicted octanol–water partition coefficient (Wildman–Crippen LogP) is 1.49. The normalized spacial score (nSPS) is 27.9. The van der Waals surface area contributed by atoms with Crippen LogP contribution in [0.3, 0.4) is 0 Å². The Hall–Kier alpha value is -0.700. The van der Waals surface area contributed by atoms with Crippen LogP contribution in [0.4, 0.5) is 0 Å². The number of hydrazine groups is 1. The number of nitrogens with one attached hydrogen (secondary N) is 1. The van der Waals surface area contributed by atoms with Gasteiger partial charge in [-0.15, -0.1) is 0 Å². The summed E-state index contributed by atoms with van der Waals surface area (Å²) in [6.45, 7) is 0. The molecule has 2 aliphatic heterocycles. The van der Waals surface area contributed by atoms with Crippen molar-refractivity contribution in [3.63, 3.8) is 0 Å². The quantitative estimate of drug-likeness (QED) is 0.635. The summed E-state index contributed by atoms with van der Waals surface area (Å²) in [7, 11) is 0. The zero-order valence-corrected chi connectivity index (χ0v) is 6.88. The Bertz CT molecular complexity index is 230. The Balaban J connectivity index is 2.27. The minimum atomic E-state index is 0.366. The minimum Gasteiger partial charge on any atom is -0.304 e. The van der Waals surface area contributed by atoms with Crippen LogP contribution in [0.5, 0.6) is 0 Å². The van der Waals surface area contributed by atoms with Crippen LogP contribution in [-0.2, 0) is 0 Å². The molecule has 1 atom stereocenters. The van der Waals surface area contributed by atoms with Gasteiger partial charge in [0, 0.05) is 16.9 Å². The van der Waals surface area contributed by atoms with E-state index < -0.39 is 0 Å². The topological polar surface area (TPSA) is 15.3 Å². The summed E-state index contributed by atoms with van der Waals surface area (Å²) in [6.07, 6.45) is 10.1. The van der Waals surface area contributed by atoms with E-state index in [1.54, 1.807) is 0 Å². The summed E-state index contributed by atoms with van der Waals surface area (Å²) in [5, 5.41) is 2.03. The molecule has 1 unspecified atom stereocenters. The molecule has 0 amide bonds. The molecule has 2 rings (SSSR count). The van der Waals surface area contributed by atoms with Crippen molar-refractivity contribution in [2.45, 2.75) is 6.04 Å². The molecule has 0 radical (unpaired) electrons. The zero-order valence-electron chi connectivity index (χ0n) is 5.29. The third-order valence-electron chi connectivity index (χ3n) is 1.58. The van der Waals surface area contributed by atoms with E-state index >= 15 is 0 Å². The van der Waals surface area contributed by atoms with Crippen molar-refractivity contribution in [3.8, 4) is 0 Å². The maximum atomic E-state index is 3.45. The van der Waals surface area contributed by atoms with Crippen LogP contribution in [0.1, 0.15) is 0 Å². The second kappa shape index (κ2) is 2.16. The standard InChI is InChI=1S/C7H7BrN2/c8-6-5-9-10-4-2-1-3-7(6)10/h1-5,7,9H. The number of rotatable bonds is 0.